The Labute approximate surface area is 80.2 Å². The van der Waals surface area contributed by atoms with Crippen molar-refractivity contribution in [2.24, 2.45) is 0 Å². The van der Waals surface area contributed by atoms with Crippen LogP contribution in [0.5, 0.6) is 0 Å². The number of ether oxygens (including phenoxy) is 1. The van der Waals surface area contributed by atoms with Crippen LogP contribution in [0.3, 0.4) is 0 Å². The second kappa shape index (κ2) is 5.19. The zero-order valence-corrected chi connectivity index (χ0v) is 9.18. The number of nitrogens with zero attached hydrogens (tertiary/aromatic N) is 1. The van der Waals surface area contributed by atoms with E-state index < -0.39 is 5.54 Å². The Morgan fingerprint density at radius 2 is 2.08 bits per heavy atom. The van der Waals surface area contributed by atoms with E-state index >= 15 is 0 Å². The molecule has 0 bridgehead atoms. The standard InChI is InChI=1S/C9H20N2O2/c1-6-10-9(2,7-11(3)4)8(12)13-5/h10H,6-7H2,1-5H3. The average Bonchev–Trinajstić information content (AvgIpc) is 2.02. The van der Waals surface area contributed by atoms with Gasteiger partial charge in [-0.3, -0.25) is 4.79 Å². The Kier molecular flexibility index (Phi) is 4.95. The van der Waals surface area contributed by atoms with E-state index in [1.807, 2.05) is 32.8 Å². The molecule has 4 heteroatoms. The van der Waals surface area contributed by atoms with Gasteiger partial charge < -0.3 is 15.0 Å². The number of likely N-dealkylation sites (N-methyl/N-ethyl adjacent to an activating group) is 2. The highest BCUT2D eigenvalue weighted by molar-refractivity contribution is 5.80. The zero-order valence-electron chi connectivity index (χ0n) is 9.18. The van der Waals surface area contributed by atoms with Gasteiger partial charge in [-0.1, -0.05) is 6.92 Å². The van der Waals surface area contributed by atoms with Crippen molar-refractivity contribution in [3.63, 3.8) is 0 Å². The predicted molar refractivity (Wildman–Crippen MR) is 52.7 cm³/mol. The zero-order chi connectivity index (χ0) is 10.5. The molecule has 1 atom stereocenters. The molecule has 0 rings (SSSR count). The predicted octanol–water partition coefficient (Wildman–Crippen LogP) is 0.0892. The van der Waals surface area contributed by atoms with Crippen molar-refractivity contribution in [1.29, 1.82) is 0 Å². The Bertz CT molecular complexity index is 171. The van der Waals surface area contributed by atoms with E-state index in [0.29, 0.717) is 6.54 Å². The summed E-state index contributed by atoms with van der Waals surface area (Å²) in [4.78, 5) is 13.4. The summed E-state index contributed by atoms with van der Waals surface area (Å²) in [5.41, 5.74) is -0.604. The van der Waals surface area contributed by atoms with Crippen LogP contribution in [0.25, 0.3) is 0 Å². The molecule has 0 spiro atoms. The first-order valence-corrected chi connectivity index (χ1v) is 4.44. The van der Waals surface area contributed by atoms with Crippen LogP contribution < -0.4 is 5.32 Å². The summed E-state index contributed by atoms with van der Waals surface area (Å²) in [5, 5.41) is 3.12. The summed E-state index contributed by atoms with van der Waals surface area (Å²) in [5.74, 6) is -0.219. The van der Waals surface area contributed by atoms with Crippen LogP contribution in [0.15, 0.2) is 0 Å². The van der Waals surface area contributed by atoms with Gasteiger partial charge in [0.1, 0.15) is 5.54 Å². The van der Waals surface area contributed by atoms with Crippen molar-refractivity contribution in [1.82, 2.24) is 10.2 Å². The minimum Gasteiger partial charge on any atom is -0.468 e. The Balaban J connectivity index is 4.41. The lowest BCUT2D eigenvalue weighted by Gasteiger charge is -2.30. The molecule has 0 aromatic carbocycles. The van der Waals surface area contributed by atoms with Crippen LogP contribution in [0.4, 0.5) is 0 Å². The van der Waals surface area contributed by atoms with Crippen molar-refractivity contribution in [3.8, 4) is 0 Å². The number of rotatable bonds is 5. The van der Waals surface area contributed by atoms with Gasteiger partial charge in [0, 0.05) is 6.54 Å². The number of esters is 1. The van der Waals surface area contributed by atoms with Crippen molar-refractivity contribution < 1.29 is 9.53 Å². The van der Waals surface area contributed by atoms with Gasteiger partial charge in [-0.15, -0.1) is 0 Å². The van der Waals surface area contributed by atoms with Crippen LogP contribution in [-0.2, 0) is 9.53 Å². The van der Waals surface area contributed by atoms with Gasteiger partial charge in [-0.05, 0) is 27.6 Å². The topological polar surface area (TPSA) is 41.6 Å². The molecular formula is C9H20N2O2. The third-order valence-corrected chi connectivity index (χ3v) is 1.84. The van der Waals surface area contributed by atoms with Gasteiger partial charge in [-0.25, -0.2) is 0 Å². The van der Waals surface area contributed by atoms with Gasteiger partial charge in [0.2, 0.25) is 0 Å². The fourth-order valence-corrected chi connectivity index (χ4v) is 1.44. The van der Waals surface area contributed by atoms with E-state index in [-0.39, 0.29) is 5.97 Å². The molecule has 0 aromatic heterocycles. The van der Waals surface area contributed by atoms with Gasteiger partial charge in [-0.2, -0.15) is 0 Å². The second-order valence-electron chi connectivity index (χ2n) is 3.59. The number of hydrogen-bond donors (Lipinski definition) is 1. The molecule has 0 aromatic rings. The maximum Gasteiger partial charge on any atom is 0.327 e. The monoisotopic (exact) mass is 188 g/mol. The van der Waals surface area contributed by atoms with E-state index in [4.69, 9.17) is 4.74 Å². The van der Waals surface area contributed by atoms with Crippen LogP contribution in [0.1, 0.15) is 13.8 Å². The highest BCUT2D eigenvalue weighted by Crippen LogP contribution is 2.07. The molecule has 78 valence electrons. The van der Waals surface area contributed by atoms with E-state index in [2.05, 4.69) is 5.32 Å². The summed E-state index contributed by atoms with van der Waals surface area (Å²) in [6.07, 6.45) is 0. The quantitative estimate of drug-likeness (QED) is 0.621. The number of hydrogen-bond acceptors (Lipinski definition) is 4. The minimum atomic E-state index is -0.604. The Hall–Kier alpha value is -0.610. The molecule has 0 amide bonds. The summed E-state index contributed by atoms with van der Waals surface area (Å²) < 4.78 is 4.74. The van der Waals surface area contributed by atoms with Crippen LogP contribution in [0.2, 0.25) is 0 Å². The van der Waals surface area contributed by atoms with Gasteiger partial charge in [0.25, 0.3) is 0 Å². The third-order valence-electron chi connectivity index (χ3n) is 1.84. The molecule has 4 nitrogen and oxygen atoms in total. The number of methoxy groups -OCH3 is 1. The number of nitrogens with one attached hydrogen (secondary N) is 1. The van der Waals surface area contributed by atoms with Crippen LogP contribution >= 0.6 is 0 Å². The fourth-order valence-electron chi connectivity index (χ4n) is 1.44. The molecule has 0 radical (unpaired) electrons. The molecule has 1 N–H and O–H groups in total. The summed E-state index contributed by atoms with van der Waals surface area (Å²) >= 11 is 0. The fraction of sp³-hybridized carbons (Fsp3) is 0.889. The maximum absolute atomic E-state index is 11.4. The summed E-state index contributed by atoms with van der Waals surface area (Å²) in [6, 6.07) is 0. The molecule has 0 saturated heterocycles. The smallest absolute Gasteiger partial charge is 0.327 e. The van der Waals surface area contributed by atoms with E-state index in [1.54, 1.807) is 0 Å². The molecule has 0 saturated carbocycles. The highest BCUT2D eigenvalue weighted by atomic mass is 16.5. The lowest BCUT2D eigenvalue weighted by Crippen LogP contribution is -2.56. The Morgan fingerprint density at radius 3 is 2.38 bits per heavy atom. The van der Waals surface area contributed by atoms with Crippen molar-refractivity contribution in [2.75, 3.05) is 34.3 Å². The second-order valence-corrected chi connectivity index (χ2v) is 3.59. The van der Waals surface area contributed by atoms with E-state index in [1.165, 1.54) is 7.11 Å². The number of carbonyl (C=O) groups is 1. The van der Waals surface area contributed by atoms with E-state index in [9.17, 15) is 4.79 Å². The average molecular weight is 188 g/mol. The minimum absolute atomic E-state index is 0.219. The molecule has 0 heterocycles. The molecular weight excluding hydrogens is 168 g/mol. The normalized spacial score (nSPS) is 15.5. The van der Waals surface area contributed by atoms with Crippen LogP contribution in [0, 0.1) is 0 Å². The number of carbonyl (C=O) groups excluding carboxylic acids is 1. The van der Waals surface area contributed by atoms with Crippen molar-refractivity contribution in [3.05, 3.63) is 0 Å². The lowest BCUT2D eigenvalue weighted by atomic mass is 10.0. The molecule has 0 aliphatic rings. The Morgan fingerprint density at radius 1 is 1.54 bits per heavy atom. The first-order valence-electron chi connectivity index (χ1n) is 4.44. The highest BCUT2D eigenvalue weighted by Gasteiger charge is 2.33. The van der Waals surface area contributed by atoms with E-state index in [0.717, 1.165) is 6.54 Å². The first kappa shape index (κ1) is 12.4. The molecule has 0 aliphatic heterocycles. The first-order chi connectivity index (χ1) is 5.96. The van der Waals surface area contributed by atoms with Gasteiger partial charge in [0.15, 0.2) is 0 Å². The molecule has 13 heavy (non-hydrogen) atoms. The molecule has 1 unspecified atom stereocenters. The largest absolute Gasteiger partial charge is 0.468 e. The molecule has 0 aliphatic carbocycles. The van der Waals surface area contributed by atoms with Gasteiger partial charge >= 0.3 is 5.97 Å². The maximum atomic E-state index is 11.4. The summed E-state index contributed by atoms with van der Waals surface area (Å²) in [6.45, 7) is 5.20. The summed E-state index contributed by atoms with van der Waals surface area (Å²) in [7, 11) is 5.27. The third kappa shape index (κ3) is 3.74. The molecule has 0 fully saturated rings. The van der Waals surface area contributed by atoms with Crippen LogP contribution in [-0.4, -0.2) is 50.7 Å². The lowest BCUT2D eigenvalue weighted by molar-refractivity contribution is -0.148. The van der Waals surface area contributed by atoms with Crippen molar-refractivity contribution in [2.45, 2.75) is 19.4 Å². The van der Waals surface area contributed by atoms with Gasteiger partial charge in [0.05, 0.1) is 7.11 Å². The SMILES string of the molecule is CCNC(C)(CN(C)C)C(=O)OC. The van der Waals surface area contributed by atoms with Crippen molar-refractivity contribution >= 4 is 5.97 Å².